The molecule has 0 N–H and O–H groups in total. The summed E-state index contributed by atoms with van der Waals surface area (Å²) in [6, 6.07) is 0. The molecule has 28 heavy (non-hydrogen) atoms. The minimum absolute atomic E-state index is 0.00452. The van der Waals surface area contributed by atoms with Gasteiger partial charge in [-0.1, -0.05) is 54.4 Å². The van der Waals surface area contributed by atoms with Crippen molar-refractivity contribution in [1.29, 1.82) is 0 Å². The monoisotopic (exact) mass is 392 g/mol. The molecule has 160 valence electrons. The first-order valence-electron chi connectivity index (χ1n) is 11.0. The molecule has 5 nitrogen and oxygen atoms in total. The molecule has 0 bridgehead atoms. The highest BCUT2D eigenvalue weighted by Crippen LogP contribution is 2.36. The van der Waals surface area contributed by atoms with Crippen LogP contribution in [0.2, 0.25) is 0 Å². The first-order valence-corrected chi connectivity index (χ1v) is 11.0. The zero-order valence-electron chi connectivity index (χ0n) is 18.8. The molecule has 2 heterocycles. The third kappa shape index (κ3) is 5.81. The fourth-order valence-electron chi connectivity index (χ4n) is 4.35. The van der Waals surface area contributed by atoms with E-state index >= 15 is 0 Å². The summed E-state index contributed by atoms with van der Waals surface area (Å²) in [6.45, 7) is 15.2. The van der Waals surface area contributed by atoms with Crippen molar-refractivity contribution in [3.63, 3.8) is 0 Å². The van der Waals surface area contributed by atoms with Crippen molar-refractivity contribution in [3.8, 4) is 0 Å². The second-order valence-corrected chi connectivity index (χ2v) is 10.9. The van der Waals surface area contributed by atoms with Crippen molar-refractivity contribution in [2.24, 2.45) is 22.7 Å². The van der Waals surface area contributed by atoms with Crippen LogP contribution in [0.15, 0.2) is 0 Å². The van der Waals surface area contributed by atoms with Gasteiger partial charge in [0.05, 0.1) is 5.92 Å². The second-order valence-electron chi connectivity index (χ2n) is 10.9. The van der Waals surface area contributed by atoms with Crippen LogP contribution in [-0.4, -0.2) is 47.2 Å². The van der Waals surface area contributed by atoms with E-state index in [1.165, 1.54) is 4.90 Å². The maximum atomic E-state index is 12.5. The van der Waals surface area contributed by atoms with Crippen LogP contribution < -0.4 is 0 Å². The van der Waals surface area contributed by atoms with E-state index in [0.717, 1.165) is 45.2 Å². The summed E-state index contributed by atoms with van der Waals surface area (Å²) in [5, 5.41) is 0. The molecule has 2 aliphatic heterocycles. The zero-order chi connectivity index (χ0) is 21.1. The van der Waals surface area contributed by atoms with Gasteiger partial charge in [0.2, 0.25) is 17.7 Å². The molecule has 0 radical (unpaired) electrons. The van der Waals surface area contributed by atoms with Gasteiger partial charge in [0.1, 0.15) is 0 Å². The van der Waals surface area contributed by atoms with Crippen LogP contribution in [0.25, 0.3) is 0 Å². The van der Waals surface area contributed by atoms with Crippen molar-refractivity contribution >= 4 is 17.7 Å². The summed E-state index contributed by atoms with van der Waals surface area (Å²) in [5.41, 5.74) is 0.106. The quantitative estimate of drug-likeness (QED) is 0.481. The average Bonchev–Trinajstić information content (AvgIpc) is 3.16. The van der Waals surface area contributed by atoms with Crippen LogP contribution in [0.4, 0.5) is 0 Å². The Morgan fingerprint density at radius 3 is 2.14 bits per heavy atom. The van der Waals surface area contributed by atoms with Gasteiger partial charge in [-0.15, -0.1) is 0 Å². The van der Waals surface area contributed by atoms with E-state index in [1.807, 2.05) is 25.7 Å². The summed E-state index contributed by atoms with van der Waals surface area (Å²) in [4.78, 5) is 40.5. The van der Waals surface area contributed by atoms with Crippen LogP contribution in [0.5, 0.6) is 0 Å². The Balaban J connectivity index is 1.62. The fraction of sp³-hybridized carbons (Fsp3) is 0.870. The van der Waals surface area contributed by atoms with E-state index in [9.17, 15) is 14.4 Å². The van der Waals surface area contributed by atoms with Gasteiger partial charge in [-0.25, -0.2) is 0 Å². The Hall–Kier alpha value is -1.39. The highest BCUT2D eigenvalue weighted by molar-refractivity contribution is 6.03. The summed E-state index contributed by atoms with van der Waals surface area (Å²) in [7, 11) is 0. The lowest BCUT2D eigenvalue weighted by Crippen LogP contribution is -2.34. The van der Waals surface area contributed by atoms with Gasteiger partial charge < -0.3 is 4.90 Å². The first kappa shape index (κ1) is 22.9. The largest absolute Gasteiger partial charge is 0.342 e. The molecule has 0 saturated carbocycles. The Morgan fingerprint density at radius 2 is 1.61 bits per heavy atom. The Kier molecular flexibility index (Phi) is 7.33. The third-order valence-corrected chi connectivity index (χ3v) is 6.58. The predicted octanol–water partition coefficient (Wildman–Crippen LogP) is 4.25. The fourth-order valence-corrected chi connectivity index (χ4v) is 4.35. The third-order valence-electron chi connectivity index (χ3n) is 6.58. The second kappa shape index (κ2) is 8.96. The summed E-state index contributed by atoms with van der Waals surface area (Å²) >= 11 is 0. The lowest BCUT2D eigenvalue weighted by Gasteiger charge is -2.27. The van der Waals surface area contributed by atoms with Crippen molar-refractivity contribution < 1.29 is 14.4 Å². The predicted molar refractivity (Wildman–Crippen MR) is 112 cm³/mol. The Morgan fingerprint density at radius 1 is 0.964 bits per heavy atom. The number of hydrogen-bond donors (Lipinski definition) is 0. The van der Waals surface area contributed by atoms with Crippen LogP contribution in [-0.2, 0) is 14.4 Å². The summed E-state index contributed by atoms with van der Waals surface area (Å²) in [6.07, 6.45) is 5.73. The van der Waals surface area contributed by atoms with E-state index in [4.69, 9.17) is 0 Å². The molecule has 2 saturated heterocycles. The number of carbonyl (C=O) groups is 3. The van der Waals surface area contributed by atoms with Crippen molar-refractivity contribution in [2.45, 2.75) is 86.5 Å². The van der Waals surface area contributed by atoms with Gasteiger partial charge in [-0.2, -0.15) is 0 Å². The molecule has 2 aliphatic rings. The highest BCUT2D eigenvalue weighted by atomic mass is 16.2. The number of amides is 3. The van der Waals surface area contributed by atoms with Crippen LogP contribution in [0.1, 0.15) is 86.5 Å². The molecule has 0 spiro atoms. The van der Waals surface area contributed by atoms with Gasteiger partial charge >= 0.3 is 0 Å². The topological polar surface area (TPSA) is 57.7 Å². The molecule has 2 atom stereocenters. The number of likely N-dealkylation sites (tertiary alicyclic amines) is 2. The maximum Gasteiger partial charge on any atom is 0.233 e. The van der Waals surface area contributed by atoms with Gasteiger partial charge in [0.15, 0.2) is 0 Å². The normalized spacial score (nSPS) is 23.8. The minimum Gasteiger partial charge on any atom is -0.342 e. The van der Waals surface area contributed by atoms with Crippen LogP contribution in [0, 0.1) is 22.7 Å². The lowest BCUT2D eigenvalue weighted by atomic mass is 9.80. The molecule has 2 rings (SSSR count). The Labute approximate surface area is 171 Å². The smallest absolute Gasteiger partial charge is 0.233 e. The standard InChI is InChI=1S/C23H40N2O3/c1-22(2,3)17-12-14-24(16-17)19(26)11-9-7-8-10-13-25-20(27)15-18(21(25)28)23(4,5)6/h17-18H,7-16H2,1-6H3/t17-,18?/m0/s1. The van der Waals surface area contributed by atoms with Crippen LogP contribution in [0.3, 0.4) is 0 Å². The molecule has 0 aromatic rings. The van der Waals surface area contributed by atoms with E-state index in [-0.39, 0.29) is 34.5 Å². The summed E-state index contributed by atoms with van der Waals surface area (Å²) in [5.74, 6) is 0.668. The maximum absolute atomic E-state index is 12.5. The number of nitrogens with zero attached hydrogens (tertiary/aromatic N) is 2. The van der Waals surface area contributed by atoms with Crippen LogP contribution >= 0.6 is 0 Å². The number of imide groups is 1. The molecular formula is C23H40N2O3. The van der Waals surface area contributed by atoms with Crippen molar-refractivity contribution in [3.05, 3.63) is 0 Å². The van der Waals surface area contributed by atoms with E-state index < -0.39 is 0 Å². The highest BCUT2D eigenvalue weighted by Gasteiger charge is 2.44. The molecule has 0 aromatic carbocycles. The lowest BCUT2D eigenvalue weighted by molar-refractivity contribution is -0.140. The van der Waals surface area contributed by atoms with E-state index in [1.54, 1.807) is 0 Å². The molecule has 0 aromatic heterocycles. The first-order chi connectivity index (χ1) is 12.9. The van der Waals surface area contributed by atoms with Gasteiger partial charge in [-0.05, 0) is 36.0 Å². The number of carbonyl (C=O) groups excluding carboxylic acids is 3. The zero-order valence-corrected chi connectivity index (χ0v) is 18.8. The molecule has 5 heteroatoms. The van der Waals surface area contributed by atoms with Gasteiger partial charge in [0.25, 0.3) is 0 Å². The molecule has 0 aliphatic carbocycles. The Bertz CT molecular complexity index is 586. The van der Waals surface area contributed by atoms with E-state index in [0.29, 0.717) is 25.3 Å². The molecule has 1 unspecified atom stereocenters. The molecule has 3 amide bonds. The van der Waals surface area contributed by atoms with Gasteiger partial charge in [-0.3, -0.25) is 19.3 Å². The van der Waals surface area contributed by atoms with Gasteiger partial charge in [0, 0.05) is 32.5 Å². The number of unbranched alkanes of at least 4 members (excludes halogenated alkanes) is 3. The van der Waals surface area contributed by atoms with Crippen molar-refractivity contribution in [2.75, 3.05) is 19.6 Å². The summed E-state index contributed by atoms with van der Waals surface area (Å²) < 4.78 is 0. The number of hydrogen-bond acceptors (Lipinski definition) is 3. The van der Waals surface area contributed by atoms with Crippen molar-refractivity contribution in [1.82, 2.24) is 9.80 Å². The molecular weight excluding hydrogens is 352 g/mol. The molecule has 2 fully saturated rings. The SMILES string of the molecule is CC(C)(C)C1CC(=O)N(CCCCCCC(=O)N2CC[C@H](C(C)(C)C)C2)C1=O. The number of rotatable bonds is 7. The van der Waals surface area contributed by atoms with E-state index in [2.05, 4.69) is 20.8 Å². The minimum atomic E-state index is -0.185. The average molecular weight is 393 g/mol.